The van der Waals surface area contributed by atoms with E-state index in [9.17, 15) is 14.4 Å². The average molecular weight is 499 g/mol. The number of hydrogen-bond donors (Lipinski definition) is 1. The van der Waals surface area contributed by atoms with Crippen LogP contribution in [0.3, 0.4) is 0 Å². The van der Waals surface area contributed by atoms with E-state index >= 15 is 0 Å². The van der Waals surface area contributed by atoms with Gasteiger partial charge in [0.05, 0.1) is 18.4 Å². The number of nitrogens with one attached hydrogen (secondary N) is 1. The summed E-state index contributed by atoms with van der Waals surface area (Å²) in [4.78, 5) is 43.1. The molecule has 180 valence electrons. The molecule has 7 nitrogen and oxygen atoms in total. The van der Waals surface area contributed by atoms with Gasteiger partial charge in [-0.05, 0) is 49.7 Å². The Labute approximate surface area is 212 Å². The molecule has 0 fully saturated rings. The molecule has 0 aliphatic rings. The number of ketones is 1. The lowest BCUT2D eigenvalue weighted by molar-refractivity contribution is -0.116. The summed E-state index contributed by atoms with van der Waals surface area (Å²) in [5, 5.41) is 4.21. The number of anilines is 1. The molecule has 1 amide bonds. The molecule has 0 unspecified atom stereocenters. The van der Waals surface area contributed by atoms with Crippen molar-refractivity contribution in [1.82, 2.24) is 14.1 Å². The van der Waals surface area contributed by atoms with Gasteiger partial charge in [-0.2, -0.15) is 0 Å². The van der Waals surface area contributed by atoms with Gasteiger partial charge in [-0.1, -0.05) is 53.6 Å². The molecule has 0 aliphatic heterocycles. The summed E-state index contributed by atoms with van der Waals surface area (Å²) in [7, 11) is 0. The Morgan fingerprint density at radius 3 is 2.61 bits per heavy atom. The van der Waals surface area contributed by atoms with Crippen LogP contribution in [0.5, 0.6) is 0 Å². The number of aryl methyl sites for hydroxylation is 1. The quantitative estimate of drug-likeness (QED) is 0.326. The molecule has 5 rings (SSSR count). The van der Waals surface area contributed by atoms with Crippen molar-refractivity contribution < 1.29 is 9.59 Å². The first-order chi connectivity index (χ1) is 17.3. The standard InChI is InChI=1S/C28H23ClN4O3/c1-17-10-11-24-22(12-17)26-27(28(36)32(16-30-26)14-20-6-3-4-9-23(20)29)33(24)15-25(35)31-21-8-5-7-19(13-21)18(2)34/h3-13,16H,14-15H2,1-2H3,(H,31,35). The summed E-state index contributed by atoms with van der Waals surface area (Å²) < 4.78 is 3.20. The summed E-state index contributed by atoms with van der Waals surface area (Å²) >= 11 is 6.32. The maximum atomic E-state index is 13.7. The lowest BCUT2D eigenvalue weighted by Crippen LogP contribution is -2.25. The smallest absolute Gasteiger partial charge is 0.278 e. The first-order valence-electron chi connectivity index (χ1n) is 11.4. The second kappa shape index (κ2) is 9.43. The van der Waals surface area contributed by atoms with Crippen LogP contribution in [0.25, 0.3) is 21.9 Å². The van der Waals surface area contributed by atoms with Crippen LogP contribution in [-0.2, 0) is 17.9 Å². The minimum absolute atomic E-state index is 0.0889. The van der Waals surface area contributed by atoms with Crippen LogP contribution < -0.4 is 10.9 Å². The fourth-order valence-electron chi connectivity index (χ4n) is 4.36. The number of benzene rings is 3. The average Bonchev–Trinajstić information content (AvgIpc) is 3.15. The zero-order valence-corrected chi connectivity index (χ0v) is 20.5. The van der Waals surface area contributed by atoms with Gasteiger partial charge >= 0.3 is 0 Å². The molecule has 1 N–H and O–H groups in total. The number of hydrogen-bond acceptors (Lipinski definition) is 4. The minimum atomic E-state index is -0.323. The van der Waals surface area contributed by atoms with Crippen molar-refractivity contribution in [2.75, 3.05) is 5.32 Å². The molecule has 0 atom stereocenters. The summed E-state index contributed by atoms with van der Waals surface area (Å²) in [5.74, 6) is -0.412. The third kappa shape index (κ3) is 4.41. The van der Waals surface area contributed by atoms with Gasteiger partial charge in [-0.3, -0.25) is 19.0 Å². The highest BCUT2D eigenvalue weighted by Gasteiger charge is 2.19. The Bertz CT molecular complexity index is 1720. The molecule has 2 heterocycles. The van der Waals surface area contributed by atoms with Gasteiger partial charge in [0.25, 0.3) is 5.56 Å². The van der Waals surface area contributed by atoms with E-state index < -0.39 is 0 Å². The first kappa shape index (κ1) is 23.5. The van der Waals surface area contributed by atoms with Crippen molar-refractivity contribution in [3.05, 3.63) is 105 Å². The normalized spacial score (nSPS) is 11.2. The molecule has 0 spiro atoms. The Hall–Kier alpha value is -4.23. The maximum absolute atomic E-state index is 13.7. The summed E-state index contributed by atoms with van der Waals surface area (Å²) in [5.41, 5.74) is 4.20. The van der Waals surface area contributed by atoms with Gasteiger partial charge in [0, 0.05) is 21.7 Å². The van der Waals surface area contributed by atoms with Crippen LogP contribution in [0.15, 0.2) is 77.9 Å². The van der Waals surface area contributed by atoms with Gasteiger partial charge in [0.2, 0.25) is 5.91 Å². The van der Waals surface area contributed by atoms with Gasteiger partial charge in [-0.25, -0.2) is 4.98 Å². The Kier molecular flexibility index (Phi) is 6.16. The fraction of sp³-hybridized carbons (Fsp3) is 0.143. The van der Waals surface area contributed by atoms with E-state index in [4.69, 9.17) is 11.6 Å². The third-order valence-electron chi connectivity index (χ3n) is 6.13. The number of halogens is 1. The number of Topliss-reactive ketones (excluding diaryl/α,β-unsaturated/α-hetero) is 1. The number of aromatic nitrogens is 3. The number of carbonyl (C=O) groups excluding carboxylic acids is 2. The highest BCUT2D eigenvalue weighted by atomic mass is 35.5. The van der Waals surface area contributed by atoms with Crippen LogP contribution in [0.2, 0.25) is 5.02 Å². The zero-order chi connectivity index (χ0) is 25.4. The van der Waals surface area contributed by atoms with Crippen molar-refractivity contribution in [2.24, 2.45) is 0 Å². The Morgan fingerprint density at radius 1 is 1.03 bits per heavy atom. The van der Waals surface area contributed by atoms with E-state index in [2.05, 4.69) is 10.3 Å². The summed E-state index contributed by atoms with van der Waals surface area (Å²) in [6.45, 7) is 3.60. The molecular weight excluding hydrogens is 476 g/mol. The van der Waals surface area contributed by atoms with Gasteiger partial charge in [0.1, 0.15) is 17.6 Å². The Morgan fingerprint density at radius 2 is 1.83 bits per heavy atom. The SMILES string of the molecule is CC(=O)c1cccc(NC(=O)Cn2c3ccc(C)cc3c3ncn(Cc4ccccc4Cl)c(=O)c32)c1. The number of carbonyl (C=O) groups is 2. The number of rotatable bonds is 6. The van der Waals surface area contributed by atoms with Crippen molar-refractivity contribution in [3.8, 4) is 0 Å². The van der Waals surface area contributed by atoms with Crippen LogP contribution in [-0.4, -0.2) is 25.8 Å². The van der Waals surface area contributed by atoms with Gasteiger partial charge < -0.3 is 9.88 Å². The lowest BCUT2D eigenvalue weighted by atomic mass is 10.1. The largest absolute Gasteiger partial charge is 0.325 e. The zero-order valence-electron chi connectivity index (χ0n) is 19.8. The number of fused-ring (bicyclic) bond motifs is 3. The molecule has 3 aromatic carbocycles. The molecular formula is C28H23ClN4O3. The molecule has 0 radical (unpaired) electrons. The number of amides is 1. The first-order valence-corrected chi connectivity index (χ1v) is 11.8. The van der Waals surface area contributed by atoms with E-state index in [1.54, 1.807) is 34.9 Å². The number of nitrogens with zero attached hydrogens (tertiary/aromatic N) is 3. The molecule has 0 bridgehead atoms. The highest BCUT2D eigenvalue weighted by Crippen LogP contribution is 2.27. The van der Waals surface area contributed by atoms with Crippen molar-refractivity contribution in [3.63, 3.8) is 0 Å². The van der Waals surface area contributed by atoms with E-state index in [1.807, 2.05) is 43.3 Å². The van der Waals surface area contributed by atoms with Gasteiger partial charge in [0.15, 0.2) is 5.78 Å². The van der Waals surface area contributed by atoms with Crippen molar-refractivity contribution >= 4 is 50.9 Å². The van der Waals surface area contributed by atoms with E-state index in [0.717, 1.165) is 22.0 Å². The minimum Gasteiger partial charge on any atom is -0.325 e. The topological polar surface area (TPSA) is 86.0 Å². The molecule has 0 saturated carbocycles. The molecule has 0 saturated heterocycles. The van der Waals surface area contributed by atoms with E-state index in [0.29, 0.717) is 27.3 Å². The van der Waals surface area contributed by atoms with E-state index in [-0.39, 0.29) is 30.3 Å². The van der Waals surface area contributed by atoms with Crippen molar-refractivity contribution in [2.45, 2.75) is 26.9 Å². The summed E-state index contributed by atoms with van der Waals surface area (Å²) in [6.07, 6.45) is 1.52. The van der Waals surface area contributed by atoms with Crippen LogP contribution in [0.1, 0.15) is 28.4 Å². The Balaban J connectivity index is 1.58. The molecule has 5 aromatic rings. The van der Waals surface area contributed by atoms with Gasteiger partial charge in [-0.15, -0.1) is 0 Å². The molecule has 36 heavy (non-hydrogen) atoms. The monoisotopic (exact) mass is 498 g/mol. The maximum Gasteiger partial charge on any atom is 0.278 e. The summed E-state index contributed by atoms with van der Waals surface area (Å²) in [6, 6.07) is 19.9. The second-order valence-electron chi connectivity index (χ2n) is 8.76. The van der Waals surface area contributed by atoms with Crippen LogP contribution >= 0.6 is 11.6 Å². The van der Waals surface area contributed by atoms with E-state index in [1.165, 1.54) is 17.8 Å². The lowest BCUT2D eigenvalue weighted by Gasteiger charge is -2.11. The third-order valence-corrected chi connectivity index (χ3v) is 6.50. The van der Waals surface area contributed by atoms with Crippen LogP contribution in [0.4, 0.5) is 5.69 Å². The van der Waals surface area contributed by atoms with Crippen LogP contribution in [0, 0.1) is 6.92 Å². The van der Waals surface area contributed by atoms with Crippen molar-refractivity contribution in [1.29, 1.82) is 0 Å². The molecule has 2 aromatic heterocycles. The molecule has 0 aliphatic carbocycles. The molecule has 8 heteroatoms. The highest BCUT2D eigenvalue weighted by molar-refractivity contribution is 6.31. The predicted molar refractivity (Wildman–Crippen MR) is 142 cm³/mol. The predicted octanol–water partition coefficient (Wildman–Crippen LogP) is 5.20. The second-order valence-corrected chi connectivity index (χ2v) is 9.17. The fourth-order valence-corrected chi connectivity index (χ4v) is 4.56.